The summed E-state index contributed by atoms with van der Waals surface area (Å²) < 4.78 is 46.4. The van der Waals surface area contributed by atoms with Gasteiger partial charge in [-0.05, 0) is 54.8 Å². The van der Waals surface area contributed by atoms with Crippen molar-refractivity contribution in [1.29, 1.82) is 0 Å². The number of carbonyl (C=O) groups is 2. The van der Waals surface area contributed by atoms with E-state index in [4.69, 9.17) is 37.9 Å². The molecule has 10 N–H and O–H groups in total. The maximum atomic E-state index is 13.4. The van der Waals surface area contributed by atoms with E-state index in [1.165, 1.54) is 43.3 Å². The minimum absolute atomic E-state index is 0.109. The van der Waals surface area contributed by atoms with E-state index in [1.807, 2.05) is 0 Å². The molecule has 56 heavy (non-hydrogen) atoms. The lowest BCUT2D eigenvalue weighted by atomic mass is 9.96. The first-order valence-corrected chi connectivity index (χ1v) is 17.5. The number of benzene rings is 2. The third-order valence-corrected chi connectivity index (χ3v) is 9.25. The Kier molecular flexibility index (Phi) is 14.5. The number of phenolic OH excluding ortho intramolecular Hbond substituents is 4. The molecule has 3 aliphatic heterocycles. The Hall–Kier alpha value is -4.16. The number of hydrogen-bond acceptors (Lipinski definition) is 20. The van der Waals surface area contributed by atoms with Gasteiger partial charge in [0, 0.05) is 13.0 Å². The summed E-state index contributed by atoms with van der Waals surface area (Å²) in [6, 6.07) is 7.79. The van der Waals surface area contributed by atoms with Gasteiger partial charge in [0.25, 0.3) is 0 Å². The van der Waals surface area contributed by atoms with Gasteiger partial charge in [0.1, 0.15) is 48.8 Å². The molecule has 0 bridgehead atoms. The maximum absolute atomic E-state index is 13.4. The van der Waals surface area contributed by atoms with Crippen molar-refractivity contribution >= 4 is 18.0 Å². The minimum atomic E-state index is -1.89. The van der Waals surface area contributed by atoms with Crippen LogP contribution in [-0.4, -0.2) is 169 Å². The highest BCUT2D eigenvalue weighted by atomic mass is 16.8. The molecular formula is C36H46O20. The summed E-state index contributed by atoms with van der Waals surface area (Å²) in [7, 11) is 0. The summed E-state index contributed by atoms with van der Waals surface area (Å²) in [6.07, 6.45) is -20.2. The second kappa shape index (κ2) is 18.9. The molecule has 0 amide bonds. The molecule has 3 heterocycles. The molecule has 14 atom stereocenters. The molecule has 5 rings (SSSR count). The average molecular weight is 799 g/mol. The van der Waals surface area contributed by atoms with Gasteiger partial charge in [-0.3, -0.25) is 4.79 Å². The van der Waals surface area contributed by atoms with Crippen LogP contribution in [-0.2, 0) is 53.9 Å². The molecule has 3 fully saturated rings. The van der Waals surface area contributed by atoms with Gasteiger partial charge in [-0.15, -0.1) is 0 Å². The second-order valence-electron chi connectivity index (χ2n) is 13.4. The number of esters is 2. The molecule has 20 heteroatoms. The highest BCUT2D eigenvalue weighted by Gasteiger charge is 2.55. The smallest absolute Gasteiger partial charge is 0.331 e. The van der Waals surface area contributed by atoms with Gasteiger partial charge in [-0.1, -0.05) is 12.1 Å². The first-order valence-electron chi connectivity index (χ1n) is 17.5. The standard InChI is InChI=1S/C36H46O20/c1-15-26(44)28(46)30(48)35(52-15)56-32-31(55-25(43)8-5-17-3-6-19(38)21(40)11-17)24(14-51-34-29(47)27(45)23(42)13-50-34)54-36(33(32)53-16(2)37)49-10-9-18-4-7-20(39)22(41)12-18/h3-8,11-12,15,23-24,26-36,38-42,44-48H,9-10,13-14H2,1-2H3. The Morgan fingerprint density at radius 2 is 1.41 bits per heavy atom. The van der Waals surface area contributed by atoms with Crippen molar-refractivity contribution in [2.75, 3.05) is 19.8 Å². The largest absolute Gasteiger partial charge is 0.504 e. The van der Waals surface area contributed by atoms with Crippen LogP contribution < -0.4 is 0 Å². The quantitative estimate of drug-likeness (QED) is 0.0596. The van der Waals surface area contributed by atoms with Gasteiger partial charge < -0.3 is 89.0 Å². The van der Waals surface area contributed by atoms with Gasteiger partial charge in [-0.25, -0.2) is 4.79 Å². The number of aliphatic hydroxyl groups excluding tert-OH is 6. The number of rotatable bonds is 13. The van der Waals surface area contributed by atoms with Crippen molar-refractivity contribution in [3.05, 3.63) is 53.6 Å². The van der Waals surface area contributed by atoms with E-state index in [0.717, 1.165) is 19.1 Å². The summed E-state index contributed by atoms with van der Waals surface area (Å²) in [6.45, 7) is 1.21. The molecule has 3 saturated heterocycles. The number of aliphatic hydroxyl groups is 6. The van der Waals surface area contributed by atoms with Gasteiger partial charge in [0.2, 0.25) is 0 Å². The zero-order valence-corrected chi connectivity index (χ0v) is 30.1. The highest BCUT2D eigenvalue weighted by Crippen LogP contribution is 2.34. The summed E-state index contributed by atoms with van der Waals surface area (Å²) in [5.41, 5.74) is 0.778. The van der Waals surface area contributed by atoms with Gasteiger partial charge in [-0.2, -0.15) is 0 Å². The molecule has 2 aromatic carbocycles. The maximum Gasteiger partial charge on any atom is 0.331 e. The average Bonchev–Trinajstić information content (AvgIpc) is 3.15. The molecule has 0 aliphatic carbocycles. The Bertz CT molecular complexity index is 1670. The normalized spacial score (nSPS) is 34.9. The molecule has 3 aliphatic rings. The van der Waals surface area contributed by atoms with E-state index in [9.17, 15) is 60.7 Å². The van der Waals surface area contributed by atoms with E-state index < -0.39 is 128 Å². The highest BCUT2D eigenvalue weighted by molar-refractivity contribution is 5.87. The second-order valence-corrected chi connectivity index (χ2v) is 13.4. The Balaban J connectivity index is 1.49. The van der Waals surface area contributed by atoms with Crippen LogP contribution >= 0.6 is 0 Å². The monoisotopic (exact) mass is 798 g/mol. The third kappa shape index (κ3) is 10.4. The Labute approximate surface area is 319 Å². The zero-order valence-electron chi connectivity index (χ0n) is 30.1. The minimum Gasteiger partial charge on any atom is -0.504 e. The number of ether oxygens (including phenoxy) is 8. The van der Waals surface area contributed by atoms with Crippen molar-refractivity contribution in [3.63, 3.8) is 0 Å². The van der Waals surface area contributed by atoms with Crippen LogP contribution in [0.2, 0.25) is 0 Å². The van der Waals surface area contributed by atoms with Crippen LogP contribution in [0.15, 0.2) is 42.5 Å². The fourth-order valence-corrected chi connectivity index (χ4v) is 6.16. The lowest BCUT2D eigenvalue weighted by Gasteiger charge is -2.47. The van der Waals surface area contributed by atoms with E-state index in [-0.39, 0.29) is 24.3 Å². The van der Waals surface area contributed by atoms with Crippen LogP contribution in [0.5, 0.6) is 23.0 Å². The Morgan fingerprint density at radius 3 is 2.09 bits per heavy atom. The van der Waals surface area contributed by atoms with Crippen molar-refractivity contribution in [1.82, 2.24) is 0 Å². The Morgan fingerprint density at radius 1 is 0.732 bits per heavy atom. The van der Waals surface area contributed by atoms with Gasteiger partial charge in [0.15, 0.2) is 54.1 Å². The molecular weight excluding hydrogens is 752 g/mol. The van der Waals surface area contributed by atoms with Crippen LogP contribution in [0.25, 0.3) is 6.08 Å². The van der Waals surface area contributed by atoms with E-state index >= 15 is 0 Å². The van der Waals surface area contributed by atoms with Crippen LogP contribution in [0.3, 0.4) is 0 Å². The van der Waals surface area contributed by atoms with E-state index in [0.29, 0.717) is 5.56 Å². The van der Waals surface area contributed by atoms with E-state index in [1.54, 1.807) is 0 Å². The number of phenols is 4. The lowest BCUT2D eigenvalue weighted by molar-refractivity contribution is -0.362. The summed E-state index contributed by atoms with van der Waals surface area (Å²) in [4.78, 5) is 26.0. The zero-order chi connectivity index (χ0) is 40.8. The van der Waals surface area contributed by atoms with Gasteiger partial charge in [0.05, 0.1) is 25.9 Å². The lowest BCUT2D eigenvalue weighted by Crippen LogP contribution is -2.66. The topological polar surface area (TPSA) is 310 Å². The van der Waals surface area contributed by atoms with E-state index in [2.05, 4.69) is 0 Å². The fraction of sp³-hybridized carbons (Fsp3) is 0.556. The summed E-state index contributed by atoms with van der Waals surface area (Å²) in [5.74, 6) is -3.59. The van der Waals surface area contributed by atoms with Crippen molar-refractivity contribution in [3.8, 4) is 23.0 Å². The first-order chi connectivity index (χ1) is 26.5. The van der Waals surface area contributed by atoms with Crippen molar-refractivity contribution in [2.24, 2.45) is 0 Å². The predicted molar refractivity (Wildman–Crippen MR) is 183 cm³/mol. The fourth-order valence-electron chi connectivity index (χ4n) is 6.16. The molecule has 0 saturated carbocycles. The summed E-state index contributed by atoms with van der Waals surface area (Å²) >= 11 is 0. The molecule has 310 valence electrons. The SMILES string of the molecule is CC(=O)OC1C(OCCc2ccc(O)c(O)c2)OC(COC2OCC(O)C(O)C2O)C(OC(=O)C=Cc2ccc(O)c(O)c2)C1OC1OC(C)C(O)C(O)C1O. The predicted octanol–water partition coefficient (Wildman–Crippen LogP) is -1.98. The summed E-state index contributed by atoms with van der Waals surface area (Å²) in [5, 5.41) is 102. The van der Waals surface area contributed by atoms with Crippen LogP contribution in [0.1, 0.15) is 25.0 Å². The molecule has 0 aromatic heterocycles. The van der Waals surface area contributed by atoms with Gasteiger partial charge >= 0.3 is 11.9 Å². The first kappa shape index (κ1) is 43.0. The molecule has 2 aromatic rings. The molecule has 14 unspecified atom stereocenters. The van der Waals surface area contributed by atoms with Crippen molar-refractivity contribution in [2.45, 2.75) is 106 Å². The van der Waals surface area contributed by atoms with Crippen molar-refractivity contribution < 1.29 is 98.5 Å². The number of aromatic hydroxyl groups is 4. The molecule has 20 nitrogen and oxygen atoms in total. The van der Waals surface area contributed by atoms with Crippen LogP contribution in [0.4, 0.5) is 0 Å². The molecule has 0 spiro atoms. The molecule has 0 radical (unpaired) electrons. The number of carbonyl (C=O) groups excluding carboxylic acids is 2. The van der Waals surface area contributed by atoms with Crippen LogP contribution in [0, 0.1) is 0 Å². The third-order valence-electron chi connectivity index (χ3n) is 9.25. The number of hydrogen-bond donors (Lipinski definition) is 10.